The van der Waals surface area contributed by atoms with Crippen molar-refractivity contribution >= 4 is 5.91 Å². The average molecular weight is 387 g/mol. The molecule has 154 valence electrons. The molecule has 4 atom stereocenters. The number of nitrogens with two attached hydrogens (primary N) is 1. The van der Waals surface area contributed by atoms with Crippen LogP contribution in [0.5, 0.6) is 5.75 Å². The first-order valence-electron chi connectivity index (χ1n) is 10.6. The van der Waals surface area contributed by atoms with Gasteiger partial charge >= 0.3 is 0 Å². The van der Waals surface area contributed by atoms with Gasteiger partial charge in [0.1, 0.15) is 5.75 Å². The molecule has 5 heteroatoms. The molecule has 28 heavy (non-hydrogen) atoms. The molecule has 1 saturated heterocycles. The van der Waals surface area contributed by atoms with Crippen molar-refractivity contribution in [3.05, 3.63) is 28.8 Å². The Morgan fingerprint density at radius 2 is 2.04 bits per heavy atom. The van der Waals surface area contributed by atoms with Gasteiger partial charge in [-0.2, -0.15) is 0 Å². The number of likely N-dealkylation sites (tertiary alicyclic amines) is 1. The number of amides is 1. The monoisotopic (exact) mass is 386 g/mol. The number of primary amides is 1. The van der Waals surface area contributed by atoms with E-state index in [9.17, 15) is 15.0 Å². The van der Waals surface area contributed by atoms with Crippen LogP contribution < -0.4 is 5.73 Å². The van der Waals surface area contributed by atoms with Gasteiger partial charge in [-0.25, -0.2) is 0 Å². The summed E-state index contributed by atoms with van der Waals surface area (Å²) in [6, 6.07) is 4.16. The summed E-state index contributed by atoms with van der Waals surface area (Å²) in [4.78, 5) is 14.5. The molecule has 0 unspecified atom stereocenters. The van der Waals surface area contributed by atoms with Gasteiger partial charge in [-0.05, 0) is 75.0 Å². The molecule has 5 rings (SSSR count). The Hall–Kier alpha value is -1.59. The fraction of sp³-hybridized carbons (Fsp3) is 0.696. The van der Waals surface area contributed by atoms with Crippen LogP contribution in [0.25, 0.3) is 0 Å². The fourth-order valence-corrected chi connectivity index (χ4v) is 6.63. The largest absolute Gasteiger partial charge is 0.507 e. The van der Waals surface area contributed by atoms with E-state index in [1.807, 2.05) is 6.07 Å². The molecular weight excluding hydrogens is 352 g/mol. The Balaban J connectivity index is 0.00000192. The molecule has 1 heterocycles. The molecule has 1 aromatic rings. The van der Waals surface area contributed by atoms with Gasteiger partial charge in [0.15, 0.2) is 0 Å². The number of carbonyl (C=O) groups is 1. The molecule has 4 aliphatic rings. The number of aromatic hydroxyl groups is 1. The second-order valence-electron chi connectivity index (χ2n) is 9.37. The number of hydrogen-bond acceptors (Lipinski definition) is 4. The van der Waals surface area contributed by atoms with Crippen molar-refractivity contribution in [1.29, 1.82) is 0 Å². The van der Waals surface area contributed by atoms with Gasteiger partial charge in [0, 0.05) is 23.6 Å². The number of piperidine rings is 1. The van der Waals surface area contributed by atoms with E-state index in [0.717, 1.165) is 49.3 Å². The summed E-state index contributed by atoms with van der Waals surface area (Å²) in [6.07, 6.45) is 8.15. The van der Waals surface area contributed by atoms with Crippen LogP contribution in [0.2, 0.25) is 0 Å². The Kier molecular flexibility index (Phi) is 4.95. The zero-order valence-electron chi connectivity index (χ0n) is 15.9. The zero-order chi connectivity index (χ0) is 18.8. The van der Waals surface area contributed by atoms with Gasteiger partial charge in [0.25, 0.3) is 5.91 Å². The second-order valence-corrected chi connectivity index (χ2v) is 9.37. The average Bonchev–Trinajstić information content (AvgIpc) is 2.58. The molecule has 0 radical (unpaired) electrons. The summed E-state index contributed by atoms with van der Waals surface area (Å²) < 4.78 is 0. The number of hydrogen-bond donors (Lipinski definition) is 3. The lowest BCUT2D eigenvalue weighted by Gasteiger charge is -2.60. The van der Waals surface area contributed by atoms with Gasteiger partial charge in [0.2, 0.25) is 0 Å². The van der Waals surface area contributed by atoms with Crippen LogP contribution in [0.4, 0.5) is 0 Å². The summed E-state index contributed by atoms with van der Waals surface area (Å²) >= 11 is 0. The maximum Gasteiger partial charge on any atom is 0.252 e. The minimum Gasteiger partial charge on any atom is -0.507 e. The van der Waals surface area contributed by atoms with E-state index in [1.165, 1.54) is 25.8 Å². The van der Waals surface area contributed by atoms with Crippen LogP contribution in [0.3, 0.4) is 0 Å². The standard InChI is InChI=1S/C22H30N2O3.CH4/c23-21(27)16-6-4-14-10-18-17-7-5-15(25)11-22(17,19(14)20(16)26)8-9-24(18)12-13-2-1-3-13;/h4,6,13,15,17-18,25-26H,1-3,5,7-12H2,(H2,23,27);1H4/t15-,17-,18+,22-;/m0./s1. The molecule has 0 aromatic heterocycles. The van der Waals surface area contributed by atoms with Gasteiger partial charge in [-0.3, -0.25) is 9.69 Å². The Labute approximate surface area is 167 Å². The SMILES string of the molecule is C.NC(=O)c1ccc2c(c1O)[C@]13CCN(CC4CCC4)[C@H](C2)[C@@H]1CC[C@H](O)C3. The quantitative estimate of drug-likeness (QED) is 0.745. The van der Waals surface area contributed by atoms with E-state index in [-0.39, 0.29) is 30.3 Å². The van der Waals surface area contributed by atoms with Crippen molar-refractivity contribution < 1.29 is 15.0 Å². The van der Waals surface area contributed by atoms with Crippen LogP contribution in [0, 0.1) is 11.8 Å². The smallest absolute Gasteiger partial charge is 0.252 e. The lowest BCUT2D eigenvalue weighted by Crippen LogP contribution is -2.63. The van der Waals surface area contributed by atoms with Gasteiger partial charge in [-0.1, -0.05) is 19.9 Å². The molecule has 1 amide bonds. The summed E-state index contributed by atoms with van der Waals surface area (Å²) in [6.45, 7) is 2.21. The number of rotatable bonds is 3. The topological polar surface area (TPSA) is 86.8 Å². The van der Waals surface area contributed by atoms with E-state index in [2.05, 4.69) is 4.90 Å². The first-order chi connectivity index (χ1) is 13.0. The molecule has 2 bridgehead atoms. The van der Waals surface area contributed by atoms with Crippen molar-refractivity contribution in [2.75, 3.05) is 13.1 Å². The highest BCUT2D eigenvalue weighted by molar-refractivity contribution is 5.96. The predicted octanol–water partition coefficient (Wildman–Crippen LogP) is 2.96. The van der Waals surface area contributed by atoms with E-state index in [1.54, 1.807) is 6.07 Å². The molecule has 4 N–H and O–H groups in total. The molecule has 1 aromatic carbocycles. The van der Waals surface area contributed by atoms with Gasteiger partial charge in [0.05, 0.1) is 11.7 Å². The van der Waals surface area contributed by atoms with Gasteiger partial charge in [-0.15, -0.1) is 0 Å². The van der Waals surface area contributed by atoms with Crippen LogP contribution in [-0.2, 0) is 11.8 Å². The van der Waals surface area contributed by atoms with Gasteiger partial charge < -0.3 is 15.9 Å². The maximum atomic E-state index is 11.8. The summed E-state index contributed by atoms with van der Waals surface area (Å²) in [5, 5.41) is 21.5. The number of benzene rings is 1. The molecule has 2 saturated carbocycles. The summed E-state index contributed by atoms with van der Waals surface area (Å²) in [5.41, 5.74) is 7.57. The first kappa shape index (κ1) is 19.7. The summed E-state index contributed by atoms with van der Waals surface area (Å²) in [7, 11) is 0. The molecule has 1 aliphatic heterocycles. The highest BCUT2D eigenvalue weighted by Crippen LogP contribution is 2.58. The lowest BCUT2D eigenvalue weighted by molar-refractivity contribution is -0.0565. The minimum atomic E-state index is -0.579. The van der Waals surface area contributed by atoms with Crippen LogP contribution in [-0.4, -0.2) is 46.3 Å². The number of aliphatic hydroxyl groups is 1. The van der Waals surface area contributed by atoms with Crippen LogP contribution in [0.15, 0.2) is 12.1 Å². The minimum absolute atomic E-state index is 0. The third-order valence-corrected chi connectivity index (χ3v) is 8.07. The third kappa shape index (κ3) is 2.78. The number of carbonyl (C=O) groups excluding carboxylic acids is 1. The maximum absolute atomic E-state index is 11.8. The van der Waals surface area contributed by atoms with E-state index >= 15 is 0 Å². The highest BCUT2D eigenvalue weighted by atomic mass is 16.3. The predicted molar refractivity (Wildman–Crippen MR) is 109 cm³/mol. The number of aliphatic hydroxyl groups excluding tert-OH is 1. The molecular formula is C23H34N2O3. The van der Waals surface area contributed by atoms with Crippen molar-refractivity contribution in [3.8, 4) is 5.75 Å². The Morgan fingerprint density at radius 1 is 1.25 bits per heavy atom. The first-order valence-corrected chi connectivity index (χ1v) is 10.6. The number of fused-ring (bicyclic) bond motifs is 1. The third-order valence-electron chi connectivity index (χ3n) is 8.07. The van der Waals surface area contributed by atoms with E-state index in [0.29, 0.717) is 18.4 Å². The highest BCUT2D eigenvalue weighted by Gasteiger charge is 2.56. The molecule has 5 nitrogen and oxygen atoms in total. The Bertz CT molecular complexity index is 775. The normalized spacial score (nSPS) is 34.5. The lowest BCUT2D eigenvalue weighted by atomic mass is 9.51. The molecule has 3 fully saturated rings. The number of nitrogens with zero attached hydrogens (tertiary/aromatic N) is 1. The van der Waals surface area contributed by atoms with Crippen LogP contribution >= 0.6 is 0 Å². The van der Waals surface area contributed by atoms with Crippen molar-refractivity contribution in [3.63, 3.8) is 0 Å². The van der Waals surface area contributed by atoms with Crippen molar-refractivity contribution in [1.82, 2.24) is 4.90 Å². The van der Waals surface area contributed by atoms with Crippen molar-refractivity contribution in [2.24, 2.45) is 17.6 Å². The molecule has 0 spiro atoms. The van der Waals surface area contributed by atoms with Crippen molar-refractivity contribution in [2.45, 2.75) is 76.4 Å². The Morgan fingerprint density at radius 3 is 2.71 bits per heavy atom. The zero-order valence-corrected chi connectivity index (χ0v) is 15.9. The number of phenols is 1. The molecule has 3 aliphatic carbocycles. The second kappa shape index (κ2) is 7.03. The fourth-order valence-electron chi connectivity index (χ4n) is 6.63. The van der Waals surface area contributed by atoms with Crippen LogP contribution in [0.1, 0.15) is 73.9 Å². The van der Waals surface area contributed by atoms with E-state index in [4.69, 9.17) is 5.73 Å². The summed E-state index contributed by atoms with van der Waals surface area (Å²) in [5.74, 6) is 0.782. The van der Waals surface area contributed by atoms with E-state index < -0.39 is 5.91 Å².